The minimum Gasteiger partial charge on any atom is -0.459 e. The maximum atomic E-state index is 13.6. The highest BCUT2D eigenvalue weighted by molar-refractivity contribution is 6.36. The summed E-state index contributed by atoms with van der Waals surface area (Å²) in [5.41, 5.74) is 2.75. The van der Waals surface area contributed by atoms with E-state index >= 15 is 0 Å². The topological polar surface area (TPSA) is 82.3 Å². The van der Waals surface area contributed by atoms with Crippen LogP contribution in [0.2, 0.25) is 5.02 Å². The van der Waals surface area contributed by atoms with E-state index in [0.717, 1.165) is 33.5 Å². The molecule has 10 nitrogen and oxygen atoms in total. The van der Waals surface area contributed by atoms with Crippen LogP contribution in [-0.4, -0.2) is 101 Å². The molecule has 3 aromatic rings. The number of alkyl halides is 2. The number of likely N-dealkylation sites (N-methyl/N-ethyl adjacent to an activating group) is 1. The summed E-state index contributed by atoms with van der Waals surface area (Å²) < 4.78 is 33.5. The van der Waals surface area contributed by atoms with E-state index in [2.05, 4.69) is 31.1 Å². The maximum absolute atomic E-state index is 13.6. The van der Waals surface area contributed by atoms with Crippen LogP contribution in [-0.2, 0) is 17.8 Å². The van der Waals surface area contributed by atoms with Crippen molar-refractivity contribution in [3.05, 3.63) is 70.9 Å². The molecule has 48 heavy (non-hydrogen) atoms. The first kappa shape index (κ1) is 33.8. The summed E-state index contributed by atoms with van der Waals surface area (Å²) in [6, 6.07) is 5.69. The van der Waals surface area contributed by atoms with Gasteiger partial charge in [0.05, 0.1) is 29.1 Å². The highest BCUT2D eigenvalue weighted by Gasteiger charge is 2.48. The van der Waals surface area contributed by atoms with Crippen molar-refractivity contribution in [1.82, 2.24) is 24.8 Å². The van der Waals surface area contributed by atoms with Gasteiger partial charge in [0, 0.05) is 74.1 Å². The fraction of sp³-hybridized carbons (Fsp3) is 0.514. The van der Waals surface area contributed by atoms with Crippen molar-refractivity contribution >= 4 is 39.8 Å². The standard InChI is InChI=1S/C35H41ClF2N8O2/c1-6-31(47)46-13-12-45(20-26(46)17-39-4)33-27-10-11-44(30-18-40-16-24-8-7-9-28(36)32(24)30)21-29(27)41-34(42-33)48-22(2)19-43(5)23(3)25-14-35(37,38)15-25/h6-9,16,18,22-23,25-26H,1,10-15,17,19-21H2,2-3,5H3/t22-,23-,26-/m0/s1. The molecule has 0 N–H and O–H groups in total. The molecule has 1 amide bonds. The molecule has 2 fully saturated rings. The molecule has 4 heterocycles. The van der Waals surface area contributed by atoms with Gasteiger partial charge in [0.25, 0.3) is 0 Å². The zero-order valence-corrected chi connectivity index (χ0v) is 28.3. The number of carbonyl (C=O) groups is 1. The second-order valence-corrected chi connectivity index (χ2v) is 13.6. The Bertz CT molecular complexity index is 1720. The lowest BCUT2D eigenvalue weighted by atomic mass is 9.76. The summed E-state index contributed by atoms with van der Waals surface area (Å²) in [6.07, 6.45) is 5.11. The molecule has 2 aromatic heterocycles. The van der Waals surface area contributed by atoms with Gasteiger partial charge in [-0.05, 0) is 45.4 Å². The summed E-state index contributed by atoms with van der Waals surface area (Å²) in [4.78, 5) is 38.7. The normalized spacial score (nSPS) is 20.5. The quantitative estimate of drug-likeness (QED) is 0.206. The van der Waals surface area contributed by atoms with Gasteiger partial charge >= 0.3 is 6.01 Å². The van der Waals surface area contributed by atoms with Crippen molar-refractivity contribution in [3.63, 3.8) is 0 Å². The third kappa shape index (κ3) is 6.89. The molecule has 2 aliphatic heterocycles. The van der Waals surface area contributed by atoms with Gasteiger partial charge in [-0.3, -0.25) is 14.7 Å². The molecule has 1 saturated carbocycles. The summed E-state index contributed by atoms with van der Waals surface area (Å²) in [6.45, 7) is 18.3. The average molecular weight is 679 g/mol. The molecule has 254 valence electrons. The van der Waals surface area contributed by atoms with Crippen LogP contribution in [0.5, 0.6) is 6.01 Å². The van der Waals surface area contributed by atoms with Crippen molar-refractivity contribution in [2.45, 2.75) is 63.8 Å². The highest BCUT2D eigenvalue weighted by Crippen LogP contribution is 2.45. The van der Waals surface area contributed by atoms with E-state index < -0.39 is 5.92 Å². The van der Waals surface area contributed by atoms with Crippen LogP contribution in [0.15, 0.2) is 43.2 Å². The van der Waals surface area contributed by atoms with Crippen LogP contribution in [0.4, 0.5) is 20.3 Å². The molecule has 1 aliphatic carbocycles. The number of ether oxygens (including phenoxy) is 1. The second-order valence-electron chi connectivity index (χ2n) is 13.2. The van der Waals surface area contributed by atoms with Crippen molar-refractivity contribution in [3.8, 4) is 6.01 Å². The summed E-state index contributed by atoms with van der Waals surface area (Å²) in [5, 5.41) is 2.54. The van der Waals surface area contributed by atoms with Crippen molar-refractivity contribution in [1.29, 1.82) is 0 Å². The number of aromatic nitrogens is 3. The number of halogens is 3. The molecular formula is C35H41ClF2N8O2. The number of piperazine rings is 1. The van der Waals surface area contributed by atoms with E-state index in [0.29, 0.717) is 50.7 Å². The minimum absolute atomic E-state index is 0.0145. The van der Waals surface area contributed by atoms with Gasteiger partial charge in [-0.15, -0.1) is 0 Å². The minimum atomic E-state index is -2.56. The molecule has 1 aromatic carbocycles. The first-order valence-corrected chi connectivity index (χ1v) is 16.8. The van der Waals surface area contributed by atoms with Gasteiger partial charge in [0.2, 0.25) is 18.4 Å². The van der Waals surface area contributed by atoms with Crippen molar-refractivity contribution < 1.29 is 18.3 Å². The largest absolute Gasteiger partial charge is 0.459 e. The Morgan fingerprint density at radius 2 is 2.02 bits per heavy atom. The zero-order valence-electron chi connectivity index (χ0n) is 27.6. The van der Waals surface area contributed by atoms with Crippen LogP contribution in [0.25, 0.3) is 15.6 Å². The van der Waals surface area contributed by atoms with E-state index in [1.807, 2.05) is 45.3 Å². The monoisotopic (exact) mass is 678 g/mol. The lowest BCUT2D eigenvalue weighted by Crippen LogP contribution is -2.56. The van der Waals surface area contributed by atoms with E-state index in [4.69, 9.17) is 32.9 Å². The second kappa shape index (κ2) is 13.8. The Kier molecular flexibility index (Phi) is 9.72. The predicted molar refractivity (Wildman–Crippen MR) is 183 cm³/mol. The summed E-state index contributed by atoms with van der Waals surface area (Å²) in [7, 11) is 1.93. The number of hydrogen-bond acceptors (Lipinski definition) is 8. The fourth-order valence-corrected chi connectivity index (χ4v) is 7.51. The van der Waals surface area contributed by atoms with Crippen LogP contribution in [0.3, 0.4) is 0 Å². The van der Waals surface area contributed by atoms with Gasteiger partial charge in [-0.2, -0.15) is 9.97 Å². The van der Waals surface area contributed by atoms with Crippen molar-refractivity contribution in [2.75, 3.05) is 56.1 Å². The van der Waals surface area contributed by atoms with Crippen molar-refractivity contribution in [2.24, 2.45) is 5.92 Å². The molecular weight excluding hydrogens is 638 g/mol. The molecule has 6 rings (SSSR count). The molecule has 3 aliphatic rings. The number of benzene rings is 1. The third-order valence-electron chi connectivity index (χ3n) is 9.97. The van der Waals surface area contributed by atoms with E-state index in [9.17, 15) is 13.6 Å². The Morgan fingerprint density at radius 3 is 2.75 bits per heavy atom. The SMILES string of the molecule is [C-]#[N+]C[C@H]1CN(c2nc(O[C@@H](C)CN(C)[C@@H](C)C3CC(F)(F)C3)nc3c2CCN(c2cncc4cccc(Cl)c24)C3)CCN1C(=O)C=C. The molecule has 3 atom stereocenters. The lowest BCUT2D eigenvalue weighted by Gasteiger charge is -2.42. The van der Waals surface area contributed by atoms with Gasteiger partial charge < -0.3 is 24.3 Å². The van der Waals surface area contributed by atoms with Gasteiger partial charge in [0.15, 0.2) is 0 Å². The molecule has 0 spiro atoms. The van der Waals surface area contributed by atoms with E-state index in [1.165, 1.54) is 6.08 Å². The number of amides is 1. The number of nitrogens with zero attached hydrogens (tertiary/aromatic N) is 8. The maximum Gasteiger partial charge on any atom is 0.318 e. The Balaban J connectivity index is 1.29. The van der Waals surface area contributed by atoms with E-state index in [1.54, 1.807) is 11.1 Å². The van der Waals surface area contributed by atoms with Crippen LogP contribution < -0.4 is 14.5 Å². The number of rotatable bonds is 10. The van der Waals surface area contributed by atoms with Crippen LogP contribution >= 0.6 is 11.6 Å². The number of hydrogen-bond donors (Lipinski definition) is 0. The van der Waals surface area contributed by atoms with Crippen LogP contribution in [0, 0.1) is 12.5 Å². The zero-order chi connectivity index (χ0) is 34.2. The number of fused-ring (bicyclic) bond motifs is 2. The van der Waals surface area contributed by atoms with Gasteiger partial charge in [-0.25, -0.2) is 15.4 Å². The molecule has 0 unspecified atom stereocenters. The van der Waals surface area contributed by atoms with Gasteiger partial charge in [0.1, 0.15) is 18.0 Å². The Labute approximate surface area is 285 Å². The van der Waals surface area contributed by atoms with Crippen LogP contribution in [0.1, 0.15) is 37.9 Å². The first-order chi connectivity index (χ1) is 23.0. The fourth-order valence-electron chi connectivity index (χ4n) is 7.23. The first-order valence-electron chi connectivity index (χ1n) is 16.4. The molecule has 1 saturated heterocycles. The molecule has 13 heteroatoms. The predicted octanol–water partition coefficient (Wildman–Crippen LogP) is 5.50. The third-order valence-corrected chi connectivity index (χ3v) is 10.3. The Hall–Kier alpha value is -4.08. The summed E-state index contributed by atoms with van der Waals surface area (Å²) >= 11 is 6.68. The highest BCUT2D eigenvalue weighted by atomic mass is 35.5. The number of pyridine rings is 1. The smallest absolute Gasteiger partial charge is 0.318 e. The lowest BCUT2D eigenvalue weighted by molar-refractivity contribution is -0.129. The summed E-state index contributed by atoms with van der Waals surface area (Å²) in [5.74, 6) is -2.06. The Morgan fingerprint density at radius 1 is 1.23 bits per heavy atom. The number of anilines is 2. The molecule has 0 radical (unpaired) electrons. The average Bonchev–Trinajstić information content (AvgIpc) is 3.05. The number of carbonyl (C=O) groups excluding carboxylic acids is 1. The molecule has 0 bridgehead atoms. The van der Waals surface area contributed by atoms with E-state index in [-0.39, 0.29) is 55.4 Å². The van der Waals surface area contributed by atoms with Gasteiger partial charge in [-0.1, -0.05) is 30.3 Å².